The van der Waals surface area contributed by atoms with Crippen LogP contribution in [0, 0.1) is 5.92 Å². The second kappa shape index (κ2) is 14.6. The number of rotatable bonds is 13. The van der Waals surface area contributed by atoms with Gasteiger partial charge in [0, 0.05) is 13.1 Å². The first-order valence-electron chi connectivity index (χ1n) is 13.2. The number of nitrogens with zero attached hydrogens (tertiary/aromatic N) is 2. The average molecular weight is 621 g/mol. The predicted octanol–water partition coefficient (Wildman–Crippen LogP) is 5.78. The van der Waals surface area contributed by atoms with Gasteiger partial charge in [0.25, 0.3) is 10.0 Å². The standard InChI is InChI=1S/C30H35Cl2N3O5S/c1-5-26(30(37)33-18-21(2)3)34(19-22-14-16-23(40-4)17-15-22)28(36)20-35(27-13-9-12-25(31)29(27)32)41(38,39)24-10-7-6-8-11-24/h6-17,21,26H,5,18-20H2,1-4H3,(H,33,37). The van der Waals surface area contributed by atoms with Crippen LogP contribution in [-0.2, 0) is 26.2 Å². The molecule has 3 rings (SSSR count). The molecule has 1 atom stereocenters. The third kappa shape index (κ3) is 8.15. The van der Waals surface area contributed by atoms with E-state index in [9.17, 15) is 18.0 Å². The first kappa shape index (κ1) is 32.2. The highest BCUT2D eigenvalue weighted by atomic mass is 35.5. The average Bonchev–Trinajstić information content (AvgIpc) is 2.97. The van der Waals surface area contributed by atoms with Crippen molar-refractivity contribution < 1.29 is 22.7 Å². The van der Waals surface area contributed by atoms with Gasteiger partial charge in [-0.1, -0.05) is 80.4 Å². The van der Waals surface area contributed by atoms with Gasteiger partial charge in [-0.25, -0.2) is 8.42 Å². The minimum atomic E-state index is -4.25. The fraction of sp³-hybridized carbons (Fsp3) is 0.333. The van der Waals surface area contributed by atoms with Crippen molar-refractivity contribution in [2.24, 2.45) is 5.92 Å². The van der Waals surface area contributed by atoms with Gasteiger partial charge in [-0.3, -0.25) is 13.9 Å². The fourth-order valence-corrected chi connectivity index (χ4v) is 6.08. The molecule has 0 spiro atoms. The molecule has 0 saturated carbocycles. The number of carbonyl (C=O) groups excluding carboxylic acids is 2. The van der Waals surface area contributed by atoms with Crippen LogP contribution in [-0.4, -0.2) is 51.4 Å². The molecule has 2 amide bonds. The zero-order valence-electron chi connectivity index (χ0n) is 23.5. The molecule has 0 radical (unpaired) electrons. The highest BCUT2D eigenvalue weighted by molar-refractivity contribution is 7.92. The summed E-state index contributed by atoms with van der Waals surface area (Å²) in [5.41, 5.74) is 0.797. The Morgan fingerprint density at radius 2 is 1.61 bits per heavy atom. The van der Waals surface area contributed by atoms with Crippen molar-refractivity contribution in [1.82, 2.24) is 10.2 Å². The van der Waals surface area contributed by atoms with Crippen LogP contribution in [0.1, 0.15) is 32.8 Å². The summed E-state index contributed by atoms with van der Waals surface area (Å²) in [6.07, 6.45) is 0.315. The normalized spacial score (nSPS) is 12.1. The summed E-state index contributed by atoms with van der Waals surface area (Å²) in [6, 6.07) is 18.6. The molecule has 0 heterocycles. The molecule has 0 aliphatic rings. The molecule has 0 bridgehead atoms. The van der Waals surface area contributed by atoms with E-state index in [2.05, 4.69) is 5.32 Å². The Hall–Kier alpha value is -3.27. The largest absolute Gasteiger partial charge is 0.497 e. The number of hydrogen-bond donors (Lipinski definition) is 1. The lowest BCUT2D eigenvalue weighted by Gasteiger charge is -2.33. The Balaban J connectivity index is 2.07. The monoisotopic (exact) mass is 619 g/mol. The van der Waals surface area contributed by atoms with Crippen LogP contribution in [0.4, 0.5) is 5.69 Å². The van der Waals surface area contributed by atoms with Crippen LogP contribution in [0.25, 0.3) is 0 Å². The molecule has 0 fully saturated rings. The number of carbonyl (C=O) groups is 2. The fourth-order valence-electron chi connectivity index (χ4n) is 4.19. The number of methoxy groups -OCH3 is 1. The molecule has 0 saturated heterocycles. The number of halogens is 2. The minimum Gasteiger partial charge on any atom is -0.497 e. The summed E-state index contributed by atoms with van der Waals surface area (Å²) in [4.78, 5) is 28.8. The molecule has 0 aromatic heterocycles. The number of anilines is 1. The van der Waals surface area contributed by atoms with E-state index in [1.807, 2.05) is 13.8 Å². The van der Waals surface area contributed by atoms with Gasteiger partial charge in [0.05, 0.1) is 27.7 Å². The van der Waals surface area contributed by atoms with Crippen molar-refractivity contribution in [2.75, 3.05) is 24.5 Å². The van der Waals surface area contributed by atoms with Crippen LogP contribution in [0.5, 0.6) is 5.75 Å². The quantitative estimate of drug-likeness (QED) is 0.262. The zero-order chi connectivity index (χ0) is 30.2. The Morgan fingerprint density at radius 1 is 0.951 bits per heavy atom. The van der Waals surface area contributed by atoms with Gasteiger partial charge in [0.1, 0.15) is 18.3 Å². The van der Waals surface area contributed by atoms with E-state index < -0.39 is 28.5 Å². The van der Waals surface area contributed by atoms with Crippen molar-refractivity contribution in [3.8, 4) is 5.75 Å². The van der Waals surface area contributed by atoms with Gasteiger partial charge in [-0.15, -0.1) is 0 Å². The van der Waals surface area contributed by atoms with E-state index in [1.54, 1.807) is 62.6 Å². The number of sulfonamides is 1. The Bertz CT molecular complexity index is 1430. The molecule has 8 nitrogen and oxygen atoms in total. The summed E-state index contributed by atoms with van der Waals surface area (Å²) in [7, 11) is -2.70. The van der Waals surface area contributed by atoms with Gasteiger partial charge in [0.15, 0.2) is 0 Å². The molecule has 3 aromatic rings. The topological polar surface area (TPSA) is 96.0 Å². The van der Waals surface area contributed by atoms with Crippen molar-refractivity contribution in [3.63, 3.8) is 0 Å². The van der Waals surface area contributed by atoms with Crippen molar-refractivity contribution >= 4 is 50.7 Å². The third-order valence-electron chi connectivity index (χ3n) is 6.39. The Labute approximate surface area is 252 Å². The van der Waals surface area contributed by atoms with Crippen LogP contribution < -0.4 is 14.4 Å². The molecule has 41 heavy (non-hydrogen) atoms. The number of nitrogens with one attached hydrogen (secondary N) is 1. The Morgan fingerprint density at radius 3 is 2.20 bits per heavy atom. The maximum Gasteiger partial charge on any atom is 0.264 e. The lowest BCUT2D eigenvalue weighted by Crippen LogP contribution is -2.52. The van der Waals surface area contributed by atoms with Crippen LogP contribution in [0.3, 0.4) is 0 Å². The van der Waals surface area contributed by atoms with Gasteiger partial charge in [-0.2, -0.15) is 0 Å². The molecular weight excluding hydrogens is 585 g/mol. The maximum absolute atomic E-state index is 14.1. The van der Waals surface area contributed by atoms with Gasteiger partial charge in [-0.05, 0) is 54.3 Å². The highest BCUT2D eigenvalue weighted by Gasteiger charge is 2.34. The summed E-state index contributed by atoms with van der Waals surface area (Å²) in [5, 5.41) is 3.04. The van der Waals surface area contributed by atoms with E-state index in [4.69, 9.17) is 27.9 Å². The van der Waals surface area contributed by atoms with E-state index in [-0.39, 0.29) is 39.0 Å². The molecule has 11 heteroatoms. The van der Waals surface area contributed by atoms with Crippen LogP contribution in [0.15, 0.2) is 77.7 Å². The lowest BCUT2D eigenvalue weighted by molar-refractivity contribution is -0.140. The molecule has 0 aliphatic carbocycles. The zero-order valence-corrected chi connectivity index (χ0v) is 25.8. The second-order valence-electron chi connectivity index (χ2n) is 9.83. The number of hydrogen-bond acceptors (Lipinski definition) is 5. The summed E-state index contributed by atoms with van der Waals surface area (Å²) in [6.45, 7) is 5.65. The summed E-state index contributed by atoms with van der Waals surface area (Å²) in [5.74, 6) is -0.0491. The molecule has 220 valence electrons. The van der Waals surface area contributed by atoms with Crippen LogP contribution in [0.2, 0.25) is 10.0 Å². The van der Waals surface area contributed by atoms with E-state index in [0.29, 0.717) is 18.7 Å². The van der Waals surface area contributed by atoms with Gasteiger partial charge < -0.3 is 15.0 Å². The van der Waals surface area contributed by atoms with Crippen LogP contribution >= 0.6 is 23.2 Å². The Kier molecular flexibility index (Phi) is 11.5. The number of amides is 2. The lowest BCUT2D eigenvalue weighted by atomic mass is 10.1. The van der Waals surface area contributed by atoms with E-state index >= 15 is 0 Å². The molecule has 0 aliphatic heterocycles. The third-order valence-corrected chi connectivity index (χ3v) is 8.98. The predicted molar refractivity (Wildman–Crippen MR) is 163 cm³/mol. The molecular formula is C30H35Cl2N3O5S. The van der Waals surface area contributed by atoms with Gasteiger partial charge in [0.2, 0.25) is 11.8 Å². The first-order valence-corrected chi connectivity index (χ1v) is 15.4. The maximum atomic E-state index is 14.1. The SMILES string of the molecule is CCC(C(=O)NCC(C)C)N(Cc1ccc(OC)cc1)C(=O)CN(c1cccc(Cl)c1Cl)S(=O)(=O)c1ccccc1. The summed E-state index contributed by atoms with van der Waals surface area (Å²) >= 11 is 12.7. The summed E-state index contributed by atoms with van der Waals surface area (Å²) < 4.78 is 34.0. The van der Waals surface area contributed by atoms with E-state index in [1.165, 1.54) is 29.2 Å². The molecule has 1 N–H and O–H groups in total. The first-order chi connectivity index (χ1) is 19.5. The minimum absolute atomic E-state index is 0.00936. The highest BCUT2D eigenvalue weighted by Crippen LogP contribution is 2.35. The van der Waals surface area contributed by atoms with Crippen molar-refractivity contribution in [1.29, 1.82) is 0 Å². The molecule has 1 unspecified atom stereocenters. The number of ether oxygens (including phenoxy) is 1. The van der Waals surface area contributed by atoms with Crippen molar-refractivity contribution in [2.45, 2.75) is 44.7 Å². The van der Waals surface area contributed by atoms with Gasteiger partial charge >= 0.3 is 0 Å². The van der Waals surface area contributed by atoms with E-state index in [0.717, 1.165) is 9.87 Å². The smallest absolute Gasteiger partial charge is 0.264 e. The number of benzene rings is 3. The second-order valence-corrected chi connectivity index (χ2v) is 12.5. The molecule has 3 aromatic carbocycles. The van der Waals surface area contributed by atoms with Crippen molar-refractivity contribution in [3.05, 3.63) is 88.4 Å².